The Bertz CT molecular complexity index is 303. The van der Waals surface area contributed by atoms with Crippen molar-refractivity contribution in [2.45, 2.75) is 38.5 Å². The summed E-state index contributed by atoms with van der Waals surface area (Å²) in [7, 11) is 3.87. The minimum atomic E-state index is -0.210. The maximum atomic E-state index is 12.2. The molecule has 1 N–H and O–H groups in total. The van der Waals surface area contributed by atoms with Crippen molar-refractivity contribution >= 4 is 5.91 Å². The van der Waals surface area contributed by atoms with Crippen LogP contribution in [0.25, 0.3) is 0 Å². The maximum Gasteiger partial charge on any atom is 0.228 e. The number of nitrogens with one attached hydrogen (secondary N) is 1. The second-order valence-electron chi connectivity index (χ2n) is 6.38. The Kier molecular flexibility index (Phi) is 5.22. The average molecular weight is 268 g/mol. The molecule has 2 fully saturated rings. The fourth-order valence-electron chi connectivity index (χ4n) is 3.40. The Hall–Kier alpha value is -0.610. The minimum Gasteiger partial charge on any atom is -0.384 e. The minimum absolute atomic E-state index is 0.210. The van der Waals surface area contributed by atoms with E-state index < -0.39 is 0 Å². The first-order valence-corrected chi connectivity index (χ1v) is 7.62. The molecule has 1 amide bonds. The zero-order valence-corrected chi connectivity index (χ0v) is 12.4. The Balaban J connectivity index is 1.68. The highest BCUT2D eigenvalue weighted by atomic mass is 16.5. The largest absolute Gasteiger partial charge is 0.384 e. The third-order valence-corrected chi connectivity index (χ3v) is 4.77. The maximum absolute atomic E-state index is 12.2. The van der Waals surface area contributed by atoms with Crippen molar-refractivity contribution in [1.82, 2.24) is 10.2 Å². The van der Waals surface area contributed by atoms with E-state index in [4.69, 9.17) is 4.74 Å². The predicted octanol–water partition coefficient (Wildman–Crippen LogP) is 1.65. The Morgan fingerprint density at radius 2 is 2.21 bits per heavy atom. The average Bonchev–Trinajstić information content (AvgIpc) is 2.33. The van der Waals surface area contributed by atoms with E-state index in [0.29, 0.717) is 6.61 Å². The van der Waals surface area contributed by atoms with Gasteiger partial charge in [-0.15, -0.1) is 0 Å². The molecule has 1 unspecified atom stereocenters. The number of methoxy groups -OCH3 is 1. The summed E-state index contributed by atoms with van der Waals surface area (Å²) in [5.74, 6) is 0.962. The zero-order chi connectivity index (χ0) is 13.7. The van der Waals surface area contributed by atoms with Crippen molar-refractivity contribution in [1.29, 1.82) is 0 Å². The van der Waals surface area contributed by atoms with Crippen molar-refractivity contribution < 1.29 is 9.53 Å². The summed E-state index contributed by atoms with van der Waals surface area (Å²) in [4.78, 5) is 14.6. The highest BCUT2D eigenvalue weighted by Crippen LogP contribution is 2.41. The molecule has 1 aliphatic heterocycles. The second kappa shape index (κ2) is 6.71. The van der Waals surface area contributed by atoms with Crippen LogP contribution in [0.5, 0.6) is 0 Å². The lowest BCUT2D eigenvalue weighted by Crippen LogP contribution is -2.49. The van der Waals surface area contributed by atoms with Crippen molar-refractivity contribution in [3.63, 3.8) is 0 Å². The van der Waals surface area contributed by atoms with E-state index in [1.54, 1.807) is 7.11 Å². The lowest BCUT2D eigenvalue weighted by Gasteiger charge is -2.39. The number of rotatable bonds is 6. The molecular formula is C15H28N2O2. The van der Waals surface area contributed by atoms with Gasteiger partial charge >= 0.3 is 0 Å². The van der Waals surface area contributed by atoms with E-state index in [-0.39, 0.29) is 11.3 Å². The number of hydrogen-bond donors (Lipinski definition) is 1. The molecular weight excluding hydrogens is 240 g/mol. The van der Waals surface area contributed by atoms with Gasteiger partial charge in [-0.2, -0.15) is 0 Å². The lowest BCUT2D eigenvalue weighted by atomic mass is 9.68. The molecule has 1 aliphatic carbocycles. The summed E-state index contributed by atoms with van der Waals surface area (Å²) in [5, 5.41) is 3.13. The number of carbonyl (C=O) groups excluding carboxylic acids is 1. The number of ether oxygens (including phenoxy) is 1. The fourth-order valence-corrected chi connectivity index (χ4v) is 3.40. The molecule has 1 saturated heterocycles. The van der Waals surface area contributed by atoms with E-state index in [1.165, 1.54) is 25.9 Å². The Morgan fingerprint density at radius 1 is 1.42 bits per heavy atom. The number of amides is 1. The smallest absolute Gasteiger partial charge is 0.228 e. The zero-order valence-electron chi connectivity index (χ0n) is 12.4. The van der Waals surface area contributed by atoms with Crippen LogP contribution in [0.1, 0.15) is 38.5 Å². The number of hydrogen-bond acceptors (Lipinski definition) is 3. The molecule has 0 radical (unpaired) electrons. The Labute approximate surface area is 116 Å². The molecule has 110 valence electrons. The molecule has 2 rings (SSSR count). The van der Waals surface area contributed by atoms with Crippen LogP contribution >= 0.6 is 0 Å². The van der Waals surface area contributed by atoms with E-state index in [2.05, 4.69) is 17.3 Å². The summed E-state index contributed by atoms with van der Waals surface area (Å²) in [6, 6.07) is 0. The monoisotopic (exact) mass is 268 g/mol. The van der Waals surface area contributed by atoms with Crippen LogP contribution in [0.2, 0.25) is 0 Å². The Morgan fingerprint density at radius 3 is 2.79 bits per heavy atom. The number of carbonyl (C=O) groups is 1. The first-order valence-electron chi connectivity index (χ1n) is 7.62. The highest BCUT2D eigenvalue weighted by molar-refractivity contribution is 5.83. The van der Waals surface area contributed by atoms with E-state index in [9.17, 15) is 4.79 Å². The fraction of sp³-hybridized carbons (Fsp3) is 0.933. The normalized spacial score (nSPS) is 26.7. The lowest BCUT2D eigenvalue weighted by molar-refractivity contribution is -0.140. The van der Waals surface area contributed by atoms with E-state index in [1.807, 2.05) is 0 Å². The molecule has 0 aromatic heterocycles. The molecule has 0 spiro atoms. The van der Waals surface area contributed by atoms with Crippen LogP contribution in [-0.4, -0.2) is 51.2 Å². The molecule has 0 aromatic carbocycles. The van der Waals surface area contributed by atoms with Crippen LogP contribution in [0.4, 0.5) is 0 Å². The van der Waals surface area contributed by atoms with Gasteiger partial charge in [-0.1, -0.05) is 6.42 Å². The molecule has 2 aliphatic rings. The van der Waals surface area contributed by atoms with Crippen molar-refractivity contribution in [2.24, 2.45) is 11.3 Å². The van der Waals surface area contributed by atoms with Crippen molar-refractivity contribution in [2.75, 3.05) is 40.4 Å². The molecule has 1 heterocycles. The van der Waals surface area contributed by atoms with Gasteiger partial charge in [0.05, 0.1) is 12.0 Å². The molecule has 4 heteroatoms. The third-order valence-electron chi connectivity index (χ3n) is 4.77. The van der Waals surface area contributed by atoms with Gasteiger partial charge in [-0.25, -0.2) is 0 Å². The SMILES string of the molecule is COCC1(C(=O)NCCC2CCCN(C)C2)CCC1. The van der Waals surface area contributed by atoms with Gasteiger partial charge < -0.3 is 15.0 Å². The van der Waals surface area contributed by atoms with Gasteiger partial charge in [0.15, 0.2) is 0 Å². The first-order chi connectivity index (χ1) is 9.16. The van der Waals surface area contributed by atoms with Gasteiger partial charge in [0.2, 0.25) is 5.91 Å². The molecule has 19 heavy (non-hydrogen) atoms. The summed E-state index contributed by atoms with van der Waals surface area (Å²) in [6.45, 7) is 3.80. The van der Waals surface area contributed by atoms with Crippen LogP contribution in [0.3, 0.4) is 0 Å². The molecule has 4 nitrogen and oxygen atoms in total. The number of likely N-dealkylation sites (tertiary alicyclic amines) is 1. The van der Waals surface area contributed by atoms with E-state index >= 15 is 0 Å². The van der Waals surface area contributed by atoms with Crippen LogP contribution in [0, 0.1) is 11.3 Å². The van der Waals surface area contributed by atoms with E-state index in [0.717, 1.165) is 38.1 Å². The van der Waals surface area contributed by atoms with Gasteiger partial charge in [-0.05, 0) is 51.6 Å². The molecule has 1 atom stereocenters. The number of piperidine rings is 1. The second-order valence-corrected chi connectivity index (χ2v) is 6.38. The summed E-state index contributed by atoms with van der Waals surface area (Å²) < 4.78 is 5.21. The van der Waals surface area contributed by atoms with Crippen LogP contribution < -0.4 is 5.32 Å². The van der Waals surface area contributed by atoms with Gasteiger partial charge in [0.25, 0.3) is 0 Å². The quantitative estimate of drug-likeness (QED) is 0.796. The first kappa shape index (κ1) is 14.8. The molecule has 1 saturated carbocycles. The van der Waals surface area contributed by atoms with Gasteiger partial charge in [-0.3, -0.25) is 4.79 Å². The van der Waals surface area contributed by atoms with Gasteiger partial charge in [0.1, 0.15) is 0 Å². The summed E-state index contributed by atoms with van der Waals surface area (Å²) in [6.07, 6.45) is 6.84. The van der Waals surface area contributed by atoms with Crippen LogP contribution in [0.15, 0.2) is 0 Å². The molecule has 0 bridgehead atoms. The van der Waals surface area contributed by atoms with Crippen LogP contribution in [-0.2, 0) is 9.53 Å². The molecule has 0 aromatic rings. The standard InChI is InChI=1S/C15H28N2O2/c1-17-10-3-5-13(11-17)6-9-16-14(18)15(12-19-2)7-4-8-15/h13H,3-12H2,1-2H3,(H,16,18). The summed E-state index contributed by atoms with van der Waals surface area (Å²) in [5.41, 5.74) is -0.210. The highest BCUT2D eigenvalue weighted by Gasteiger charge is 2.43. The van der Waals surface area contributed by atoms with Gasteiger partial charge in [0, 0.05) is 20.2 Å². The number of nitrogens with zero attached hydrogens (tertiary/aromatic N) is 1. The topological polar surface area (TPSA) is 41.6 Å². The third kappa shape index (κ3) is 3.69. The summed E-state index contributed by atoms with van der Waals surface area (Å²) >= 11 is 0. The van der Waals surface area contributed by atoms with Crippen molar-refractivity contribution in [3.05, 3.63) is 0 Å². The van der Waals surface area contributed by atoms with Crippen molar-refractivity contribution in [3.8, 4) is 0 Å². The predicted molar refractivity (Wildman–Crippen MR) is 76.0 cm³/mol.